The molecule has 4 heteroatoms. The largest absolute Gasteiger partial charge is 0.343 e. The standard InChI is InChI=1S/C21H32N2O2/c1-16-10-13-22(14-11-16)20(25)12-15-23(17(2)24)19-8-6-18(7-9-19)21(3,4)5/h6-9,16H,10-15H2,1-5H3. The van der Waals surface area contributed by atoms with Crippen molar-refractivity contribution < 1.29 is 9.59 Å². The summed E-state index contributed by atoms with van der Waals surface area (Å²) < 4.78 is 0. The summed E-state index contributed by atoms with van der Waals surface area (Å²) in [6.45, 7) is 12.4. The van der Waals surface area contributed by atoms with Gasteiger partial charge in [0.1, 0.15) is 0 Å². The van der Waals surface area contributed by atoms with Gasteiger partial charge in [-0.1, -0.05) is 39.8 Å². The summed E-state index contributed by atoms with van der Waals surface area (Å²) in [6, 6.07) is 8.10. The average Bonchev–Trinajstić information content (AvgIpc) is 2.55. The zero-order valence-corrected chi connectivity index (χ0v) is 16.3. The monoisotopic (exact) mass is 344 g/mol. The van der Waals surface area contributed by atoms with Crippen molar-refractivity contribution in [1.29, 1.82) is 0 Å². The van der Waals surface area contributed by atoms with Crippen molar-refractivity contribution in [2.45, 2.75) is 59.3 Å². The second kappa shape index (κ2) is 8.03. The van der Waals surface area contributed by atoms with E-state index in [1.807, 2.05) is 17.0 Å². The van der Waals surface area contributed by atoms with E-state index < -0.39 is 0 Å². The third-order valence-corrected chi connectivity index (χ3v) is 5.11. The molecule has 4 nitrogen and oxygen atoms in total. The van der Waals surface area contributed by atoms with Crippen LogP contribution in [0.4, 0.5) is 5.69 Å². The van der Waals surface area contributed by atoms with Gasteiger partial charge >= 0.3 is 0 Å². The van der Waals surface area contributed by atoms with Crippen LogP contribution < -0.4 is 4.90 Å². The van der Waals surface area contributed by atoms with E-state index in [1.165, 1.54) is 5.56 Å². The minimum absolute atomic E-state index is 0.0245. The maximum absolute atomic E-state index is 12.4. The molecule has 25 heavy (non-hydrogen) atoms. The molecule has 2 amide bonds. The summed E-state index contributed by atoms with van der Waals surface area (Å²) >= 11 is 0. The van der Waals surface area contributed by atoms with Crippen LogP contribution >= 0.6 is 0 Å². The van der Waals surface area contributed by atoms with Crippen LogP contribution in [0.25, 0.3) is 0 Å². The highest BCUT2D eigenvalue weighted by atomic mass is 16.2. The third kappa shape index (κ3) is 5.32. The van der Waals surface area contributed by atoms with E-state index in [9.17, 15) is 9.59 Å². The van der Waals surface area contributed by atoms with Crippen LogP contribution in [0.5, 0.6) is 0 Å². The molecule has 0 radical (unpaired) electrons. The molecule has 138 valence electrons. The number of carbonyl (C=O) groups excluding carboxylic acids is 2. The predicted molar refractivity (Wildman–Crippen MR) is 103 cm³/mol. The van der Waals surface area contributed by atoms with Gasteiger partial charge in [0, 0.05) is 38.7 Å². The molecule has 1 aliphatic heterocycles. The molecule has 0 aromatic heterocycles. The molecule has 1 fully saturated rings. The van der Waals surface area contributed by atoms with E-state index in [-0.39, 0.29) is 17.2 Å². The topological polar surface area (TPSA) is 40.6 Å². The minimum atomic E-state index is -0.0245. The highest BCUT2D eigenvalue weighted by molar-refractivity contribution is 5.92. The Morgan fingerprint density at radius 1 is 1.12 bits per heavy atom. The molecule has 0 saturated carbocycles. The number of carbonyl (C=O) groups is 2. The number of anilines is 1. The summed E-state index contributed by atoms with van der Waals surface area (Å²) in [4.78, 5) is 28.1. The molecule has 1 aliphatic rings. The van der Waals surface area contributed by atoms with Crippen LogP contribution in [-0.2, 0) is 15.0 Å². The van der Waals surface area contributed by atoms with E-state index in [2.05, 4.69) is 39.8 Å². The van der Waals surface area contributed by atoms with Crippen LogP contribution in [0.15, 0.2) is 24.3 Å². The van der Waals surface area contributed by atoms with Gasteiger partial charge in [-0.3, -0.25) is 9.59 Å². The SMILES string of the molecule is CC(=O)N(CCC(=O)N1CCC(C)CC1)c1ccc(C(C)(C)C)cc1. The number of nitrogens with zero attached hydrogens (tertiary/aromatic N) is 2. The van der Waals surface area contributed by atoms with Crippen LogP contribution in [0.2, 0.25) is 0 Å². The first kappa shape index (κ1) is 19.5. The Bertz CT molecular complexity index is 593. The van der Waals surface area contributed by atoms with Gasteiger partial charge in [0.05, 0.1) is 0 Å². The molecular weight excluding hydrogens is 312 g/mol. The van der Waals surface area contributed by atoms with Gasteiger partial charge in [-0.05, 0) is 41.9 Å². The Kier molecular flexibility index (Phi) is 6.26. The molecule has 0 bridgehead atoms. The van der Waals surface area contributed by atoms with Gasteiger partial charge in [0.25, 0.3) is 0 Å². The zero-order chi connectivity index (χ0) is 18.6. The summed E-state index contributed by atoms with van der Waals surface area (Å²) in [6.07, 6.45) is 2.54. The van der Waals surface area contributed by atoms with E-state index >= 15 is 0 Å². The van der Waals surface area contributed by atoms with Crippen molar-refractivity contribution in [2.75, 3.05) is 24.5 Å². The summed E-state index contributed by atoms with van der Waals surface area (Å²) in [5.74, 6) is 0.840. The number of likely N-dealkylation sites (tertiary alicyclic amines) is 1. The number of amides is 2. The quantitative estimate of drug-likeness (QED) is 0.829. The maximum atomic E-state index is 12.4. The second-order valence-electron chi connectivity index (χ2n) is 8.28. The van der Waals surface area contributed by atoms with Gasteiger partial charge in [0.2, 0.25) is 11.8 Å². The second-order valence-corrected chi connectivity index (χ2v) is 8.28. The van der Waals surface area contributed by atoms with Crippen molar-refractivity contribution in [1.82, 2.24) is 4.90 Å². The molecule has 1 heterocycles. The maximum Gasteiger partial charge on any atom is 0.224 e. The smallest absolute Gasteiger partial charge is 0.224 e. The van der Waals surface area contributed by atoms with Crippen molar-refractivity contribution in [3.63, 3.8) is 0 Å². The minimum Gasteiger partial charge on any atom is -0.343 e. The van der Waals surface area contributed by atoms with Crippen LogP contribution in [0, 0.1) is 5.92 Å². The molecule has 0 aliphatic carbocycles. The van der Waals surface area contributed by atoms with E-state index in [0.717, 1.165) is 31.6 Å². The fraction of sp³-hybridized carbons (Fsp3) is 0.619. The Hall–Kier alpha value is -1.84. The van der Waals surface area contributed by atoms with Gasteiger partial charge in [0.15, 0.2) is 0 Å². The van der Waals surface area contributed by atoms with E-state index in [4.69, 9.17) is 0 Å². The van der Waals surface area contributed by atoms with E-state index in [1.54, 1.807) is 11.8 Å². The van der Waals surface area contributed by atoms with Gasteiger partial charge in [-0.25, -0.2) is 0 Å². The highest BCUT2D eigenvalue weighted by Crippen LogP contribution is 2.25. The lowest BCUT2D eigenvalue weighted by Crippen LogP contribution is -2.40. The van der Waals surface area contributed by atoms with Crippen LogP contribution in [0.3, 0.4) is 0 Å². The summed E-state index contributed by atoms with van der Waals surface area (Å²) in [5, 5.41) is 0. The zero-order valence-electron chi connectivity index (χ0n) is 16.3. The lowest BCUT2D eigenvalue weighted by atomic mass is 9.87. The van der Waals surface area contributed by atoms with Crippen LogP contribution in [0.1, 0.15) is 59.4 Å². The average molecular weight is 344 g/mol. The molecule has 0 unspecified atom stereocenters. The normalized spacial score (nSPS) is 16.0. The Morgan fingerprint density at radius 2 is 1.68 bits per heavy atom. The molecule has 1 aromatic rings. The molecule has 0 N–H and O–H groups in total. The fourth-order valence-corrected chi connectivity index (χ4v) is 3.23. The number of rotatable bonds is 4. The first-order valence-electron chi connectivity index (χ1n) is 9.35. The summed E-state index contributed by atoms with van der Waals surface area (Å²) in [7, 11) is 0. The molecule has 2 rings (SSSR count). The number of hydrogen-bond acceptors (Lipinski definition) is 2. The third-order valence-electron chi connectivity index (χ3n) is 5.11. The Labute approximate surface area is 152 Å². The van der Waals surface area contributed by atoms with Crippen molar-refractivity contribution in [3.8, 4) is 0 Å². The highest BCUT2D eigenvalue weighted by Gasteiger charge is 2.22. The van der Waals surface area contributed by atoms with Crippen LogP contribution in [-0.4, -0.2) is 36.3 Å². The first-order valence-corrected chi connectivity index (χ1v) is 9.35. The van der Waals surface area contributed by atoms with Crippen molar-refractivity contribution in [2.24, 2.45) is 5.92 Å². The molecule has 1 aromatic carbocycles. The summed E-state index contributed by atoms with van der Waals surface area (Å²) in [5.41, 5.74) is 2.18. The van der Waals surface area contributed by atoms with E-state index in [0.29, 0.717) is 18.9 Å². The molecule has 1 saturated heterocycles. The number of benzene rings is 1. The molecule has 0 spiro atoms. The first-order chi connectivity index (χ1) is 11.7. The van der Waals surface area contributed by atoms with Gasteiger partial charge in [-0.2, -0.15) is 0 Å². The fourth-order valence-electron chi connectivity index (χ4n) is 3.23. The van der Waals surface area contributed by atoms with Crippen molar-refractivity contribution >= 4 is 17.5 Å². The van der Waals surface area contributed by atoms with Gasteiger partial charge < -0.3 is 9.80 Å². The predicted octanol–water partition coefficient (Wildman–Crippen LogP) is 3.99. The Balaban J connectivity index is 1.99. The molecular formula is C21H32N2O2. The lowest BCUT2D eigenvalue weighted by molar-refractivity contribution is -0.132. The van der Waals surface area contributed by atoms with Crippen molar-refractivity contribution in [3.05, 3.63) is 29.8 Å². The van der Waals surface area contributed by atoms with Gasteiger partial charge in [-0.15, -0.1) is 0 Å². The lowest BCUT2D eigenvalue weighted by Gasteiger charge is -2.31. The molecule has 0 atom stereocenters. The Morgan fingerprint density at radius 3 is 2.16 bits per heavy atom. The number of hydrogen-bond donors (Lipinski definition) is 0. The number of piperidine rings is 1.